The van der Waals surface area contributed by atoms with Crippen molar-refractivity contribution in [1.29, 1.82) is 0 Å². The van der Waals surface area contributed by atoms with Crippen LogP contribution in [-0.4, -0.2) is 42.9 Å². The molecular weight excluding hydrogens is 387 g/mol. The molecule has 2 aliphatic rings. The van der Waals surface area contributed by atoms with E-state index in [1.165, 1.54) is 10.4 Å². The molecule has 0 aliphatic carbocycles. The van der Waals surface area contributed by atoms with Gasteiger partial charge in [0.1, 0.15) is 0 Å². The third-order valence-corrected chi connectivity index (χ3v) is 4.49. The molecule has 0 aromatic carbocycles. The molecular formula is C13H19IN4OS. The number of thiophene rings is 1. The number of amides is 1. The average molecular weight is 406 g/mol. The number of guanidine groups is 1. The van der Waals surface area contributed by atoms with Gasteiger partial charge in [-0.2, -0.15) is 0 Å². The summed E-state index contributed by atoms with van der Waals surface area (Å²) in [4.78, 5) is 19.8. The molecule has 0 unspecified atom stereocenters. The number of rotatable bonds is 3. The summed E-state index contributed by atoms with van der Waals surface area (Å²) in [6.45, 7) is 3.99. The van der Waals surface area contributed by atoms with Crippen LogP contribution >= 0.6 is 35.3 Å². The van der Waals surface area contributed by atoms with Gasteiger partial charge in [0.05, 0.1) is 6.54 Å². The topological polar surface area (TPSA) is 56.7 Å². The van der Waals surface area contributed by atoms with Crippen molar-refractivity contribution in [2.75, 3.05) is 26.2 Å². The van der Waals surface area contributed by atoms with Crippen LogP contribution in [0.15, 0.2) is 16.4 Å². The first-order chi connectivity index (χ1) is 9.33. The number of carbonyl (C=O) groups excluding carboxylic acids is 1. The van der Waals surface area contributed by atoms with Crippen molar-refractivity contribution in [2.45, 2.75) is 19.4 Å². The first kappa shape index (κ1) is 15.6. The van der Waals surface area contributed by atoms with Gasteiger partial charge in [-0.05, 0) is 23.4 Å². The van der Waals surface area contributed by atoms with Crippen LogP contribution in [0.3, 0.4) is 0 Å². The molecule has 1 amide bonds. The van der Waals surface area contributed by atoms with E-state index in [4.69, 9.17) is 0 Å². The summed E-state index contributed by atoms with van der Waals surface area (Å²) in [6.07, 6.45) is 1.53. The maximum absolute atomic E-state index is 12.1. The van der Waals surface area contributed by atoms with E-state index in [9.17, 15) is 4.79 Å². The molecule has 1 aromatic heterocycles. The summed E-state index contributed by atoms with van der Waals surface area (Å²) < 4.78 is 0. The number of halogens is 1. The number of nitrogens with zero attached hydrogens (tertiary/aromatic N) is 2. The van der Waals surface area contributed by atoms with E-state index in [1.54, 1.807) is 11.3 Å². The predicted molar refractivity (Wildman–Crippen MR) is 91.8 cm³/mol. The zero-order valence-electron chi connectivity index (χ0n) is 11.2. The largest absolute Gasteiger partial charge is 0.356 e. The third kappa shape index (κ3) is 3.63. The van der Waals surface area contributed by atoms with Crippen molar-refractivity contribution in [3.8, 4) is 0 Å². The van der Waals surface area contributed by atoms with Crippen LogP contribution in [0.2, 0.25) is 0 Å². The minimum absolute atomic E-state index is 0. The van der Waals surface area contributed by atoms with Crippen LogP contribution in [0.25, 0.3) is 0 Å². The Bertz CT molecular complexity index is 502. The summed E-state index contributed by atoms with van der Waals surface area (Å²) in [5.74, 6) is 1.05. The highest BCUT2D eigenvalue weighted by molar-refractivity contribution is 14.0. The molecule has 0 bridgehead atoms. The number of nitrogens with one attached hydrogen (secondary N) is 2. The van der Waals surface area contributed by atoms with E-state index in [0.29, 0.717) is 13.0 Å². The van der Waals surface area contributed by atoms with Gasteiger partial charge in [-0.25, -0.2) is 0 Å². The summed E-state index contributed by atoms with van der Waals surface area (Å²) in [7, 11) is 0. The van der Waals surface area contributed by atoms with E-state index in [1.807, 2.05) is 4.90 Å². The van der Waals surface area contributed by atoms with Crippen LogP contribution < -0.4 is 10.6 Å². The second-order valence-corrected chi connectivity index (χ2v) is 5.77. The molecule has 3 rings (SSSR count). The number of carbonyl (C=O) groups is 1. The quantitative estimate of drug-likeness (QED) is 0.742. The summed E-state index contributed by atoms with van der Waals surface area (Å²) in [5, 5.41) is 8.41. The van der Waals surface area contributed by atoms with Crippen molar-refractivity contribution in [1.82, 2.24) is 15.5 Å². The first-order valence-corrected chi connectivity index (χ1v) is 7.56. The number of hydrogen-bond acceptors (Lipinski definition) is 5. The maximum Gasteiger partial charge on any atom is 0.224 e. The highest BCUT2D eigenvalue weighted by Crippen LogP contribution is 2.24. The summed E-state index contributed by atoms with van der Waals surface area (Å²) >= 11 is 1.80. The number of fused-ring (bicyclic) bond motifs is 1. The summed E-state index contributed by atoms with van der Waals surface area (Å²) in [5.41, 5.74) is 1.32. The fourth-order valence-electron chi connectivity index (χ4n) is 2.42. The number of aliphatic imine (C=N–C) groups is 1. The van der Waals surface area contributed by atoms with Crippen LogP contribution in [0.5, 0.6) is 0 Å². The van der Waals surface area contributed by atoms with Crippen molar-refractivity contribution in [3.63, 3.8) is 0 Å². The van der Waals surface area contributed by atoms with Crippen molar-refractivity contribution >= 4 is 47.2 Å². The molecule has 1 aromatic rings. The molecule has 7 heteroatoms. The van der Waals surface area contributed by atoms with Gasteiger partial charge in [-0.15, -0.1) is 35.3 Å². The highest BCUT2D eigenvalue weighted by atomic mass is 127. The van der Waals surface area contributed by atoms with Crippen LogP contribution in [0, 0.1) is 0 Å². The molecule has 110 valence electrons. The van der Waals surface area contributed by atoms with Crippen molar-refractivity contribution in [2.24, 2.45) is 4.99 Å². The lowest BCUT2D eigenvalue weighted by atomic mass is 10.1. The lowest BCUT2D eigenvalue weighted by molar-refractivity contribution is -0.131. The van der Waals surface area contributed by atoms with Gasteiger partial charge in [0.15, 0.2) is 5.96 Å². The van der Waals surface area contributed by atoms with Crippen LogP contribution in [-0.2, 0) is 17.8 Å². The first-order valence-electron chi connectivity index (χ1n) is 6.68. The Morgan fingerprint density at radius 2 is 2.45 bits per heavy atom. The molecule has 20 heavy (non-hydrogen) atoms. The minimum Gasteiger partial charge on any atom is -0.356 e. The van der Waals surface area contributed by atoms with Crippen molar-refractivity contribution in [3.05, 3.63) is 21.9 Å². The van der Waals surface area contributed by atoms with Gasteiger partial charge in [-0.1, -0.05) is 0 Å². The second-order valence-electron chi connectivity index (χ2n) is 4.77. The Morgan fingerprint density at radius 3 is 3.25 bits per heavy atom. The zero-order chi connectivity index (χ0) is 13.1. The van der Waals surface area contributed by atoms with Crippen LogP contribution in [0.1, 0.15) is 16.9 Å². The SMILES string of the molecule is I.O=C(CCNC1=NCCN1)N1CCc2sccc2C1. The van der Waals surface area contributed by atoms with Gasteiger partial charge in [-0.3, -0.25) is 9.79 Å². The van der Waals surface area contributed by atoms with Crippen LogP contribution in [0.4, 0.5) is 0 Å². The normalized spacial score (nSPS) is 16.8. The van der Waals surface area contributed by atoms with Gasteiger partial charge in [0, 0.05) is 37.5 Å². The molecule has 0 radical (unpaired) electrons. The average Bonchev–Trinajstić information content (AvgIpc) is 3.08. The lowest BCUT2D eigenvalue weighted by Crippen LogP contribution is -2.39. The monoisotopic (exact) mass is 406 g/mol. The Hall–Kier alpha value is -0.830. The Kier molecular flexibility index (Phi) is 5.64. The zero-order valence-corrected chi connectivity index (χ0v) is 14.4. The molecule has 2 aliphatic heterocycles. The Balaban J connectivity index is 0.00000147. The van der Waals surface area contributed by atoms with E-state index in [-0.39, 0.29) is 29.9 Å². The smallest absolute Gasteiger partial charge is 0.224 e. The minimum atomic E-state index is 0. The predicted octanol–water partition coefficient (Wildman–Crippen LogP) is 1.19. The Morgan fingerprint density at radius 1 is 1.55 bits per heavy atom. The molecule has 5 nitrogen and oxygen atoms in total. The second kappa shape index (κ2) is 7.26. The van der Waals surface area contributed by atoms with E-state index in [0.717, 1.165) is 38.6 Å². The fourth-order valence-corrected chi connectivity index (χ4v) is 3.31. The van der Waals surface area contributed by atoms with E-state index in [2.05, 4.69) is 27.1 Å². The molecule has 0 saturated heterocycles. The van der Waals surface area contributed by atoms with Gasteiger partial charge >= 0.3 is 0 Å². The molecule has 0 saturated carbocycles. The molecule has 3 heterocycles. The van der Waals surface area contributed by atoms with Crippen molar-refractivity contribution < 1.29 is 4.79 Å². The maximum atomic E-state index is 12.1. The van der Waals surface area contributed by atoms with E-state index < -0.39 is 0 Å². The molecule has 0 spiro atoms. The molecule has 0 atom stereocenters. The molecule has 2 N–H and O–H groups in total. The van der Waals surface area contributed by atoms with Gasteiger partial charge in [0.2, 0.25) is 5.91 Å². The fraction of sp³-hybridized carbons (Fsp3) is 0.538. The number of hydrogen-bond donors (Lipinski definition) is 2. The van der Waals surface area contributed by atoms with E-state index >= 15 is 0 Å². The standard InChI is InChI=1S/C13H18N4OS.HI/c18-12(1-4-14-13-15-5-6-16-13)17-7-2-11-10(9-17)3-8-19-11;/h3,8H,1-2,4-7,9H2,(H2,14,15,16);1H. The summed E-state index contributed by atoms with van der Waals surface area (Å²) in [6, 6.07) is 2.13. The van der Waals surface area contributed by atoms with Gasteiger partial charge < -0.3 is 15.5 Å². The third-order valence-electron chi connectivity index (χ3n) is 3.47. The Labute approximate surface area is 139 Å². The van der Waals surface area contributed by atoms with Gasteiger partial charge in [0.25, 0.3) is 0 Å². The highest BCUT2D eigenvalue weighted by Gasteiger charge is 2.21. The lowest BCUT2D eigenvalue weighted by Gasteiger charge is -2.27. The molecule has 0 fully saturated rings.